The van der Waals surface area contributed by atoms with Gasteiger partial charge in [0.15, 0.2) is 0 Å². The van der Waals surface area contributed by atoms with Gasteiger partial charge in [0.25, 0.3) is 0 Å². The van der Waals surface area contributed by atoms with Crippen molar-refractivity contribution in [3.05, 3.63) is 65.2 Å². The van der Waals surface area contributed by atoms with Crippen molar-refractivity contribution in [2.75, 3.05) is 11.1 Å². The Morgan fingerprint density at radius 2 is 1.93 bits per heavy atom. The summed E-state index contributed by atoms with van der Waals surface area (Å²) in [5.74, 6) is -2.09. The average molecular weight is 385 g/mol. The van der Waals surface area contributed by atoms with Gasteiger partial charge >= 0.3 is 0 Å². The van der Waals surface area contributed by atoms with E-state index in [1.165, 1.54) is 24.3 Å². The van der Waals surface area contributed by atoms with Gasteiger partial charge in [-0.3, -0.25) is 4.79 Å². The maximum absolute atomic E-state index is 14.2. The molecule has 0 radical (unpaired) electrons. The molecule has 1 amide bonds. The van der Waals surface area contributed by atoms with E-state index in [4.69, 9.17) is 11.1 Å². The predicted molar refractivity (Wildman–Crippen MR) is 105 cm³/mol. The van der Waals surface area contributed by atoms with Crippen molar-refractivity contribution >= 4 is 29.1 Å². The van der Waals surface area contributed by atoms with Gasteiger partial charge in [-0.1, -0.05) is 18.2 Å². The Kier molecular flexibility index (Phi) is 5.84. The van der Waals surface area contributed by atoms with Crippen LogP contribution in [-0.2, 0) is 4.79 Å². The third kappa shape index (κ3) is 4.43. The van der Waals surface area contributed by atoms with Gasteiger partial charge in [-0.25, -0.2) is 8.78 Å². The molecule has 7 heteroatoms. The van der Waals surface area contributed by atoms with Crippen molar-refractivity contribution in [1.82, 2.24) is 0 Å². The first kappa shape index (κ1) is 19.7. The van der Waals surface area contributed by atoms with Crippen LogP contribution in [0.5, 0.6) is 0 Å². The second-order valence-electron chi connectivity index (χ2n) is 6.81. The molecule has 0 aromatic heterocycles. The van der Waals surface area contributed by atoms with Crippen molar-refractivity contribution in [1.29, 1.82) is 5.41 Å². The van der Waals surface area contributed by atoms with Crippen molar-refractivity contribution in [2.24, 2.45) is 5.92 Å². The second-order valence-corrected chi connectivity index (χ2v) is 6.81. The molecule has 2 aromatic carbocycles. The lowest BCUT2D eigenvalue weighted by Crippen LogP contribution is -2.29. The Hall–Kier alpha value is -3.06. The van der Waals surface area contributed by atoms with E-state index >= 15 is 0 Å². The molecule has 146 valence electrons. The molecular formula is C21H21F2N3O2. The van der Waals surface area contributed by atoms with Gasteiger partial charge in [-0.15, -0.1) is 0 Å². The van der Waals surface area contributed by atoms with Crippen molar-refractivity contribution < 1.29 is 18.7 Å². The topological polar surface area (TPSA) is 99.2 Å². The molecule has 0 saturated heterocycles. The van der Waals surface area contributed by atoms with E-state index in [1.807, 2.05) is 0 Å². The predicted octanol–water partition coefficient (Wildman–Crippen LogP) is 3.73. The Balaban J connectivity index is 1.79. The fourth-order valence-electron chi connectivity index (χ4n) is 3.23. The minimum Gasteiger partial charge on any atom is -0.398 e. The van der Waals surface area contributed by atoms with E-state index in [1.54, 1.807) is 18.2 Å². The lowest BCUT2D eigenvalue weighted by atomic mass is 10.0. The summed E-state index contributed by atoms with van der Waals surface area (Å²) in [6.45, 7) is 0. The van der Waals surface area contributed by atoms with E-state index in [0.29, 0.717) is 18.4 Å². The first-order valence-corrected chi connectivity index (χ1v) is 8.95. The van der Waals surface area contributed by atoms with Crippen LogP contribution in [0.4, 0.5) is 20.2 Å². The summed E-state index contributed by atoms with van der Waals surface area (Å²) in [4.78, 5) is 12.3. The fraction of sp³-hybridized carbons (Fsp3) is 0.238. The van der Waals surface area contributed by atoms with Crippen molar-refractivity contribution in [2.45, 2.75) is 25.4 Å². The molecule has 0 unspecified atom stereocenters. The summed E-state index contributed by atoms with van der Waals surface area (Å²) in [5, 5.41) is 20.5. The number of rotatable bonds is 5. The molecule has 1 aliphatic rings. The molecule has 28 heavy (non-hydrogen) atoms. The lowest BCUT2D eigenvalue weighted by molar-refractivity contribution is -0.122. The SMILES string of the molecule is N=C(/C=C/c1ccc(F)cc1)c1cc(NC(=O)[C@@H]2CCC[C@@H]2O)c(F)cc1N. The number of nitrogen functional groups attached to an aromatic ring is 1. The first-order valence-electron chi connectivity index (χ1n) is 8.95. The van der Waals surface area contributed by atoms with Crippen LogP contribution in [0.1, 0.15) is 30.4 Å². The zero-order valence-corrected chi connectivity index (χ0v) is 15.1. The summed E-state index contributed by atoms with van der Waals surface area (Å²) in [6.07, 6.45) is 4.18. The Morgan fingerprint density at radius 3 is 2.57 bits per heavy atom. The van der Waals surface area contributed by atoms with E-state index in [9.17, 15) is 18.7 Å². The van der Waals surface area contributed by atoms with Gasteiger partial charge in [0.2, 0.25) is 5.91 Å². The van der Waals surface area contributed by atoms with Gasteiger partial charge in [0.05, 0.1) is 23.4 Å². The number of carbonyl (C=O) groups is 1. The van der Waals surface area contributed by atoms with Crippen LogP contribution in [0.15, 0.2) is 42.5 Å². The summed E-state index contributed by atoms with van der Waals surface area (Å²) >= 11 is 0. The van der Waals surface area contributed by atoms with Gasteiger partial charge in [0, 0.05) is 11.3 Å². The minimum absolute atomic E-state index is 0.0122. The lowest BCUT2D eigenvalue weighted by Gasteiger charge is -2.16. The number of carbonyl (C=O) groups excluding carboxylic acids is 1. The molecule has 2 atom stereocenters. The van der Waals surface area contributed by atoms with Crippen LogP contribution in [0.3, 0.4) is 0 Å². The third-order valence-corrected chi connectivity index (χ3v) is 4.82. The zero-order valence-electron chi connectivity index (χ0n) is 15.1. The van der Waals surface area contributed by atoms with Crippen molar-refractivity contribution in [3.63, 3.8) is 0 Å². The quantitative estimate of drug-likeness (QED) is 0.466. The molecule has 2 aromatic rings. The highest BCUT2D eigenvalue weighted by atomic mass is 19.1. The van der Waals surface area contributed by atoms with Gasteiger partial charge < -0.3 is 21.6 Å². The van der Waals surface area contributed by atoms with E-state index in [-0.39, 0.29) is 28.5 Å². The number of aliphatic hydroxyl groups is 1. The maximum atomic E-state index is 14.2. The number of anilines is 2. The summed E-state index contributed by atoms with van der Waals surface area (Å²) in [7, 11) is 0. The largest absolute Gasteiger partial charge is 0.398 e. The highest BCUT2D eigenvalue weighted by Gasteiger charge is 2.31. The molecule has 1 aliphatic carbocycles. The van der Waals surface area contributed by atoms with Gasteiger partial charge in [0.1, 0.15) is 11.6 Å². The van der Waals surface area contributed by atoms with Crippen LogP contribution < -0.4 is 11.1 Å². The number of aliphatic hydroxyl groups excluding tert-OH is 1. The standard InChI is InChI=1S/C21H21F2N3O2/c22-13-7-4-12(5-8-13)6-9-17(24)15-10-19(16(23)11-18(15)25)26-21(28)14-2-1-3-20(14)27/h4-11,14,20,24,27H,1-3,25H2,(H,26,28)/b9-6+,24-17?/t14-,20+/m1/s1. The Labute approximate surface area is 161 Å². The number of allylic oxidation sites excluding steroid dienone is 1. The Morgan fingerprint density at radius 1 is 1.21 bits per heavy atom. The molecule has 1 fully saturated rings. The average Bonchev–Trinajstić information content (AvgIpc) is 3.09. The van der Waals surface area contributed by atoms with Gasteiger partial charge in [-0.2, -0.15) is 0 Å². The summed E-state index contributed by atoms with van der Waals surface area (Å²) in [6, 6.07) is 8.09. The molecule has 1 saturated carbocycles. The third-order valence-electron chi connectivity index (χ3n) is 4.82. The van der Waals surface area contributed by atoms with Gasteiger partial charge in [-0.05, 0) is 55.2 Å². The molecular weight excluding hydrogens is 364 g/mol. The highest BCUT2D eigenvalue weighted by Crippen LogP contribution is 2.29. The molecule has 0 bridgehead atoms. The van der Waals surface area contributed by atoms with Crippen LogP contribution in [0.25, 0.3) is 6.08 Å². The number of nitrogens with one attached hydrogen (secondary N) is 2. The number of halogens is 2. The van der Waals surface area contributed by atoms with Crippen LogP contribution in [0.2, 0.25) is 0 Å². The normalized spacial score (nSPS) is 19.1. The second kappa shape index (κ2) is 8.31. The zero-order chi connectivity index (χ0) is 20.3. The number of benzene rings is 2. The highest BCUT2D eigenvalue weighted by molar-refractivity contribution is 6.12. The van der Waals surface area contributed by atoms with Crippen LogP contribution >= 0.6 is 0 Å². The minimum atomic E-state index is -0.728. The number of hydrogen-bond donors (Lipinski definition) is 4. The first-order chi connectivity index (χ1) is 13.3. The maximum Gasteiger partial charge on any atom is 0.230 e. The summed E-state index contributed by atoms with van der Waals surface area (Å²) in [5.41, 5.74) is 6.76. The van der Waals surface area contributed by atoms with Crippen molar-refractivity contribution in [3.8, 4) is 0 Å². The molecule has 0 spiro atoms. The summed E-state index contributed by atoms with van der Waals surface area (Å²) < 4.78 is 27.2. The number of hydrogen-bond acceptors (Lipinski definition) is 4. The monoisotopic (exact) mass is 385 g/mol. The van der Waals surface area contributed by atoms with Crippen LogP contribution in [0, 0.1) is 23.0 Å². The molecule has 5 nitrogen and oxygen atoms in total. The Bertz CT molecular complexity index is 926. The molecule has 5 N–H and O–H groups in total. The van der Waals surface area contributed by atoms with E-state index < -0.39 is 23.7 Å². The number of amides is 1. The van der Waals surface area contributed by atoms with E-state index in [2.05, 4.69) is 5.32 Å². The van der Waals surface area contributed by atoms with Crippen LogP contribution in [-0.4, -0.2) is 22.8 Å². The molecule has 3 rings (SSSR count). The van der Waals surface area contributed by atoms with E-state index in [0.717, 1.165) is 12.5 Å². The smallest absolute Gasteiger partial charge is 0.230 e. The number of nitrogens with two attached hydrogens (primary N) is 1. The molecule has 0 aliphatic heterocycles. The molecule has 0 heterocycles. The fourth-order valence-corrected chi connectivity index (χ4v) is 3.23.